The molecule has 0 fully saturated rings. The number of rotatable bonds is 6. The lowest BCUT2D eigenvalue weighted by Crippen LogP contribution is -2.38. The lowest BCUT2D eigenvalue weighted by Gasteiger charge is -2.20. The normalized spacial score (nSPS) is 11.6. The molecule has 2 aromatic carbocycles. The Kier molecular flexibility index (Phi) is 6.09. The maximum absolute atomic E-state index is 13.6. The number of hydrogen-bond donors (Lipinski definition) is 1. The van der Waals surface area contributed by atoms with E-state index >= 15 is 0 Å². The lowest BCUT2D eigenvalue weighted by atomic mass is 10.1. The summed E-state index contributed by atoms with van der Waals surface area (Å²) in [5.74, 6) is -2.69. The maximum atomic E-state index is 13.6. The molecular weight excluding hydrogens is 362 g/mol. The van der Waals surface area contributed by atoms with Gasteiger partial charge in [0.15, 0.2) is 0 Å². The van der Waals surface area contributed by atoms with E-state index in [0.717, 1.165) is 27.6 Å². The van der Waals surface area contributed by atoms with Crippen molar-refractivity contribution in [1.82, 2.24) is 4.31 Å². The Hall–Kier alpha value is -2.32. The van der Waals surface area contributed by atoms with Crippen molar-refractivity contribution in [2.45, 2.75) is 25.7 Å². The molecule has 26 heavy (non-hydrogen) atoms. The Balaban J connectivity index is 2.22. The second-order valence-corrected chi connectivity index (χ2v) is 7.76. The first-order chi connectivity index (χ1) is 12.2. The van der Waals surface area contributed by atoms with Gasteiger partial charge in [-0.25, -0.2) is 17.2 Å². The van der Waals surface area contributed by atoms with Crippen LogP contribution in [0.5, 0.6) is 0 Å². The zero-order valence-electron chi connectivity index (χ0n) is 14.7. The Morgan fingerprint density at radius 1 is 1.08 bits per heavy atom. The highest BCUT2D eigenvalue weighted by molar-refractivity contribution is 7.89. The van der Waals surface area contributed by atoms with Gasteiger partial charge in [-0.15, -0.1) is 0 Å². The average molecular weight is 382 g/mol. The summed E-state index contributed by atoms with van der Waals surface area (Å²) in [7, 11) is -3.91. The predicted octanol–water partition coefficient (Wildman–Crippen LogP) is 3.23. The minimum atomic E-state index is -3.91. The summed E-state index contributed by atoms with van der Waals surface area (Å²) >= 11 is 0. The highest BCUT2D eigenvalue weighted by Gasteiger charge is 2.26. The summed E-state index contributed by atoms with van der Waals surface area (Å²) in [5.41, 5.74) is 1.15. The average Bonchev–Trinajstić information content (AvgIpc) is 2.58. The molecule has 0 saturated carbocycles. The van der Waals surface area contributed by atoms with Crippen LogP contribution in [0.4, 0.5) is 14.5 Å². The number of likely N-dealkylation sites (N-methyl/N-ethyl adjacent to an activating group) is 1. The molecule has 2 rings (SSSR count). The molecule has 0 aliphatic heterocycles. The molecule has 1 amide bonds. The van der Waals surface area contributed by atoms with Crippen molar-refractivity contribution in [3.63, 3.8) is 0 Å². The van der Waals surface area contributed by atoms with E-state index < -0.39 is 39.8 Å². The van der Waals surface area contributed by atoms with Gasteiger partial charge >= 0.3 is 0 Å². The second kappa shape index (κ2) is 7.92. The van der Waals surface area contributed by atoms with Crippen LogP contribution in [0.1, 0.15) is 18.1 Å². The molecule has 0 aliphatic rings. The van der Waals surface area contributed by atoms with Gasteiger partial charge < -0.3 is 5.32 Å². The topological polar surface area (TPSA) is 66.5 Å². The zero-order chi connectivity index (χ0) is 19.5. The van der Waals surface area contributed by atoms with Gasteiger partial charge in [0.25, 0.3) is 0 Å². The van der Waals surface area contributed by atoms with E-state index in [1.165, 1.54) is 18.2 Å². The van der Waals surface area contributed by atoms with E-state index in [1.807, 2.05) is 6.92 Å². The van der Waals surface area contributed by atoms with Crippen molar-refractivity contribution in [2.24, 2.45) is 0 Å². The van der Waals surface area contributed by atoms with Crippen molar-refractivity contribution >= 4 is 21.6 Å². The van der Waals surface area contributed by atoms with Gasteiger partial charge in [0, 0.05) is 6.54 Å². The van der Waals surface area contributed by atoms with Gasteiger partial charge in [0.2, 0.25) is 15.9 Å². The van der Waals surface area contributed by atoms with E-state index in [2.05, 4.69) is 5.32 Å². The van der Waals surface area contributed by atoms with Crippen molar-refractivity contribution in [3.05, 3.63) is 59.2 Å². The molecule has 0 aromatic heterocycles. The first-order valence-corrected chi connectivity index (χ1v) is 9.42. The van der Waals surface area contributed by atoms with Gasteiger partial charge in [-0.05, 0) is 49.2 Å². The fourth-order valence-electron chi connectivity index (χ4n) is 2.35. The van der Waals surface area contributed by atoms with Crippen LogP contribution in [-0.4, -0.2) is 31.7 Å². The van der Waals surface area contributed by atoms with Crippen LogP contribution in [0.2, 0.25) is 0 Å². The number of hydrogen-bond acceptors (Lipinski definition) is 3. The summed E-state index contributed by atoms with van der Waals surface area (Å²) in [6.45, 7) is 4.70. The van der Waals surface area contributed by atoms with E-state index in [1.54, 1.807) is 19.9 Å². The van der Waals surface area contributed by atoms with Crippen LogP contribution >= 0.6 is 0 Å². The molecule has 0 saturated heterocycles. The Bertz CT molecular complexity index is 910. The van der Waals surface area contributed by atoms with Crippen LogP contribution in [0, 0.1) is 25.5 Å². The third-order valence-electron chi connectivity index (χ3n) is 4.02. The van der Waals surface area contributed by atoms with E-state index in [-0.39, 0.29) is 11.4 Å². The smallest absolute Gasteiger partial charge is 0.243 e. The minimum absolute atomic E-state index is 0.0302. The number of nitrogens with one attached hydrogen (secondary N) is 1. The molecule has 0 heterocycles. The molecule has 1 N–H and O–H groups in total. The summed E-state index contributed by atoms with van der Waals surface area (Å²) in [5, 5.41) is 2.09. The highest BCUT2D eigenvalue weighted by atomic mass is 32.2. The van der Waals surface area contributed by atoms with Gasteiger partial charge in [-0.2, -0.15) is 4.31 Å². The summed E-state index contributed by atoms with van der Waals surface area (Å²) in [6, 6.07) is 7.86. The van der Waals surface area contributed by atoms with Gasteiger partial charge in [0.1, 0.15) is 17.3 Å². The molecule has 8 heteroatoms. The Morgan fingerprint density at radius 2 is 1.69 bits per heavy atom. The number of anilines is 1. The molecule has 2 aromatic rings. The molecule has 0 spiro atoms. The molecule has 5 nitrogen and oxygen atoms in total. The number of aryl methyl sites for hydroxylation is 2. The quantitative estimate of drug-likeness (QED) is 0.834. The Labute approximate surface area is 151 Å². The molecule has 0 bridgehead atoms. The van der Waals surface area contributed by atoms with E-state index in [0.29, 0.717) is 0 Å². The second-order valence-electron chi connectivity index (χ2n) is 5.82. The number of carbonyl (C=O) groups excluding carboxylic acids is 1. The van der Waals surface area contributed by atoms with Crippen LogP contribution in [0.15, 0.2) is 41.3 Å². The molecule has 0 radical (unpaired) electrons. The van der Waals surface area contributed by atoms with Gasteiger partial charge in [0.05, 0.1) is 11.4 Å². The summed E-state index contributed by atoms with van der Waals surface area (Å²) < 4.78 is 53.7. The zero-order valence-corrected chi connectivity index (χ0v) is 15.5. The van der Waals surface area contributed by atoms with E-state index in [4.69, 9.17) is 0 Å². The van der Waals surface area contributed by atoms with Crippen molar-refractivity contribution in [3.8, 4) is 0 Å². The van der Waals surface area contributed by atoms with Crippen LogP contribution in [0.25, 0.3) is 0 Å². The largest absolute Gasteiger partial charge is 0.320 e. The minimum Gasteiger partial charge on any atom is -0.320 e. The molecule has 0 aliphatic carbocycles. The SMILES string of the molecule is CCN(CC(=O)Nc1c(F)cccc1F)S(=O)(=O)c1ccc(C)c(C)c1. The maximum Gasteiger partial charge on any atom is 0.243 e. The lowest BCUT2D eigenvalue weighted by molar-refractivity contribution is -0.116. The Morgan fingerprint density at radius 3 is 2.23 bits per heavy atom. The van der Waals surface area contributed by atoms with Gasteiger partial charge in [-0.3, -0.25) is 4.79 Å². The van der Waals surface area contributed by atoms with E-state index in [9.17, 15) is 22.0 Å². The molecule has 0 unspecified atom stereocenters. The fraction of sp³-hybridized carbons (Fsp3) is 0.278. The number of para-hydroxylation sites is 1. The van der Waals surface area contributed by atoms with Crippen LogP contribution in [0.3, 0.4) is 0 Å². The number of halogens is 2. The summed E-state index contributed by atoms with van der Waals surface area (Å²) in [6.07, 6.45) is 0. The van der Waals surface area contributed by atoms with Crippen molar-refractivity contribution < 1.29 is 22.0 Å². The number of sulfonamides is 1. The first kappa shape index (κ1) is 20.0. The van der Waals surface area contributed by atoms with Crippen molar-refractivity contribution in [1.29, 1.82) is 0 Å². The molecule has 140 valence electrons. The summed E-state index contributed by atoms with van der Waals surface area (Å²) in [4.78, 5) is 12.2. The van der Waals surface area contributed by atoms with Crippen LogP contribution < -0.4 is 5.32 Å². The number of amides is 1. The molecular formula is C18H20F2N2O3S. The third kappa shape index (κ3) is 4.25. The van der Waals surface area contributed by atoms with Gasteiger partial charge in [-0.1, -0.05) is 19.1 Å². The predicted molar refractivity (Wildman–Crippen MR) is 95.3 cm³/mol. The number of nitrogens with zero attached hydrogens (tertiary/aromatic N) is 1. The van der Waals surface area contributed by atoms with Crippen LogP contribution in [-0.2, 0) is 14.8 Å². The number of carbonyl (C=O) groups is 1. The first-order valence-electron chi connectivity index (χ1n) is 7.98. The standard InChI is InChI=1S/C18H20F2N2O3S/c1-4-22(26(24,25)14-9-8-12(2)13(3)10-14)11-17(23)21-18-15(19)6-5-7-16(18)20/h5-10H,4,11H2,1-3H3,(H,21,23). The fourth-order valence-corrected chi connectivity index (χ4v) is 3.84. The highest BCUT2D eigenvalue weighted by Crippen LogP contribution is 2.20. The number of benzene rings is 2. The monoisotopic (exact) mass is 382 g/mol. The molecule has 0 atom stereocenters. The van der Waals surface area contributed by atoms with Crippen molar-refractivity contribution in [2.75, 3.05) is 18.4 Å². The third-order valence-corrected chi connectivity index (χ3v) is 5.93.